The Bertz CT molecular complexity index is 586. The Labute approximate surface area is 125 Å². The highest BCUT2D eigenvalue weighted by molar-refractivity contribution is 9.10. The van der Waals surface area contributed by atoms with Gasteiger partial charge in [-0.3, -0.25) is 0 Å². The molecule has 0 fully saturated rings. The maximum Gasteiger partial charge on any atom is 0.146 e. The SMILES string of the molecule is CCc1cc(Br)ccc1NCc1cccc(Cl)c1F. The van der Waals surface area contributed by atoms with Crippen LogP contribution in [0.4, 0.5) is 10.1 Å². The fourth-order valence-corrected chi connectivity index (χ4v) is 2.51. The smallest absolute Gasteiger partial charge is 0.146 e. The van der Waals surface area contributed by atoms with Crippen LogP contribution in [0.25, 0.3) is 0 Å². The second-order valence-corrected chi connectivity index (χ2v) is 5.54. The molecule has 0 heterocycles. The lowest BCUT2D eigenvalue weighted by molar-refractivity contribution is 0.613. The monoisotopic (exact) mass is 341 g/mol. The van der Waals surface area contributed by atoms with Gasteiger partial charge in [0.25, 0.3) is 0 Å². The Hall–Kier alpha value is -1.06. The zero-order valence-electron chi connectivity index (χ0n) is 10.5. The summed E-state index contributed by atoms with van der Waals surface area (Å²) >= 11 is 9.21. The maximum atomic E-state index is 13.8. The fraction of sp³-hybridized carbons (Fsp3) is 0.200. The van der Waals surface area contributed by atoms with Crippen LogP contribution < -0.4 is 5.32 Å². The number of hydrogen-bond acceptors (Lipinski definition) is 1. The molecule has 0 aliphatic rings. The number of rotatable bonds is 4. The van der Waals surface area contributed by atoms with E-state index in [-0.39, 0.29) is 10.8 Å². The number of aryl methyl sites for hydroxylation is 1. The third-order valence-corrected chi connectivity index (χ3v) is 3.73. The molecule has 0 aliphatic carbocycles. The van der Waals surface area contributed by atoms with Crippen molar-refractivity contribution in [2.75, 3.05) is 5.32 Å². The van der Waals surface area contributed by atoms with Crippen molar-refractivity contribution in [2.45, 2.75) is 19.9 Å². The molecule has 0 atom stereocenters. The molecule has 0 radical (unpaired) electrons. The Kier molecular flexibility index (Phi) is 4.83. The van der Waals surface area contributed by atoms with Crippen molar-refractivity contribution in [1.82, 2.24) is 0 Å². The Balaban J connectivity index is 2.17. The van der Waals surface area contributed by atoms with Crippen LogP contribution in [-0.4, -0.2) is 0 Å². The van der Waals surface area contributed by atoms with Crippen molar-refractivity contribution in [3.63, 3.8) is 0 Å². The van der Waals surface area contributed by atoms with Crippen LogP contribution in [-0.2, 0) is 13.0 Å². The molecule has 1 nitrogen and oxygen atoms in total. The van der Waals surface area contributed by atoms with E-state index in [1.165, 1.54) is 5.56 Å². The van der Waals surface area contributed by atoms with Crippen LogP contribution in [0.15, 0.2) is 40.9 Å². The highest BCUT2D eigenvalue weighted by atomic mass is 79.9. The minimum atomic E-state index is -0.355. The highest BCUT2D eigenvalue weighted by Gasteiger charge is 2.07. The molecule has 0 bridgehead atoms. The van der Waals surface area contributed by atoms with Crippen molar-refractivity contribution in [2.24, 2.45) is 0 Å². The topological polar surface area (TPSA) is 12.0 Å². The van der Waals surface area contributed by atoms with Gasteiger partial charge in [0.05, 0.1) is 5.02 Å². The zero-order valence-corrected chi connectivity index (χ0v) is 12.9. The average molecular weight is 343 g/mol. The summed E-state index contributed by atoms with van der Waals surface area (Å²) in [5.41, 5.74) is 2.78. The molecule has 0 aliphatic heterocycles. The van der Waals surface area contributed by atoms with E-state index in [4.69, 9.17) is 11.6 Å². The Morgan fingerprint density at radius 1 is 1.21 bits per heavy atom. The van der Waals surface area contributed by atoms with E-state index >= 15 is 0 Å². The quantitative estimate of drug-likeness (QED) is 0.782. The van der Waals surface area contributed by atoms with Crippen molar-refractivity contribution in [1.29, 1.82) is 0 Å². The lowest BCUT2D eigenvalue weighted by Gasteiger charge is -2.12. The summed E-state index contributed by atoms with van der Waals surface area (Å²) in [7, 11) is 0. The Morgan fingerprint density at radius 2 is 2.00 bits per heavy atom. The van der Waals surface area contributed by atoms with Crippen LogP contribution >= 0.6 is 27.5 Å². The molecular weight excluding hydrogens is 329 g/mol. The van der Waals surface area contributed by atoms with Gasteiger partial charge in [0.1, 0.15) is 5.82 Å². The van der Waals surface area contributed by atoms with Crippen molar-refractivity contribution >= 4 is 33.2 Å². The first-order chi connectivity index (χ1) is 9.11. The number of halogens is 3. The van der Waals surface area contributed by atoms with Gasteiger partial charge in [-0.25, -0.2) is 4.39 Å². The summed E-state index contributed by atoms with van der Waals surface area (Å²) < 4.78 is 14.8. The molecule has 4 heteroatoms. The molecule has 2 aromatic carbocycles. The fourth-order valence-electron chi connectivity index (χ4n) is 1.90. The summed E-state index contributed by atoms with van der Waals surface area (Å²) in [6.45, 7) is 2.51. The molecule has 2 rings (SSSR count). The molecule has 0 saturated carbocycles. The van der Waals surface area contributed by atoms with Gasteiger partial charge in [-0.1, -0.05) is 46.6 Å². The van der Waals surface area contributed by atoms with Crippen molar-refractivity contribution in [3.8, 4) is 0 Å². The van der Waals surface area contributed by atoms with E-state index in [2.05, 4.69) is 34.2 Å². The molecule has 0 spiro atoms. The summed E-state index contributed by atoms with van der Waals surface area (Å²) in [4.78, 5) is 0. The van der Waals surface area contributed by atoms with Gasteiger partial charge in [0.2, 0.25) is 0 Å². The molecule has 0 unspecified atom stereocenters. The number of anilines is 1. The van der Waals surface area contributed by atoms with E-state index in [1.54, 1.807) is 18.2 Å². The molecule has 0 saturated heterocycles. The van der Waals surface area contributed by atoms with Gasteiger partial charge in [0, 0.05) is 22.3 Å². The van der Waals surface area contributed by atoms with Crippen LogP contribution in [0.3, 0.4) is 0 Å². The molecule has 19 heavy (non-hydrogen) atoms. The normalized spacial score (nSPS) is 10.5. The second-order valence-electron chi connectivity index (χ2n) is 4.22. The third kappa shape index (κ3) is 3.48. The van der Waals surface area contributed by atoms with E-state index < -0.39 is 0 Å². The molecule has 1 N–H and O–H groups in total. The summed E-state index contributed by atoms with van der Waals surface area (Å²) in [6.07, 6.45) is 0.916. The molecule has 100 valence electrons. The van der Waals surface area contributed by atoms with Gasteiger partial charge < -0.3 is 5.32 Å². The predicted molar refractivity (Wildman–Crippen MR) is 82.3 cm³/mol. The number of nitrogens with one attached hydrogen (secondary N) is 1. The third-order valence-electron chi connectivity index (χ3n) is 2.95. The number of hydrogen-bond donors (Lipinski definition) is 1. The lowest BCUT2D eigenvalue weighted by atomic mass is 10.1. The first-order valence-electron chi connectivity index (χ1n) is 6.07. The molecular formula is C15H14BrClFN. The van der Waals surface area contributed by atoms with Crippen LogP contribution in [0, 0.1) is 5.82 Å². The zero-order chi connectivity index (χ0) is 13.8. The minimum absolute atomic E-state index is 0.158. The van der Waals surface area contributed by atoms with Gasteiger partial charge >= 0.3 is 0 Å². The van der Waals surface area contributed by atoms with Crippen LogP contribution in [0.2, 0.25) is 5.02 Å². The van der Waals surface area contributed by atoms with E-state index in [9.17, 15) is 4.39 Å². The number of benzene rings is 2. The maximum absolute atomic E-state index is 13.8. The largest absolute Gasteiger partial charge is 0.381 e. The standard InChI is InChI=1S/C15H14BrClFN/c1-2-10-8-12(16)6-7-14(10)19-9-11-4-3-5-13(17)15(11)18/h3-8,19H,2,9H2,1H3. The predicted octanol–water partition coefficient (Wildman–Crippen LogP) is 5.42. The van der Waals surface area contributed by atoms with E-state index in [1.807, 2.05) is 12.1 Å². The molecule has 0 aromatic heterocycles. The summed E-state index contributed by atoms with van der Waals surface area (Å²) in [5, 5.41) is 3.41. The Morgan fingerprint density at radius 3 is 2.74 bits per heavy atom. The van der Waals surface area contributed by atoms with E-state index in [0.717, 1.165) is 16.6 Å². The van der Waals surface area contributed by atoms with Gasteiger partial charge in [0.15, 0.2) is 0 Å². The highest BCUT2D eigenvalue weighted by Crippen LogP contribution is 2.23. The summed E-state index contributed by atoms with van der Waals surface area (Å²) in [6, 6.07) is 11.1. The first kappa shape index (κ1) is 14.4. The van der Waals surface area contributed by atoms with Gasteiger partial charge in [-0.15, -0.1) is 0 Å². The first-order valence-corrected chi connectivity index (χ1v) is 7.24. The molecule has 2 aromatic rings. The van der Waals surface area contributed by atoms with Gasteiger partial charge in [-0.2, -0.15) is 0 Å². The van der Waals surface area contributed by atoms with Crippen LogP contribution in [0.5, 0.6) is 0 Å². The minimum Gasteiger partial charge on any atom is -0.381 e. The van der Waals surface area contributed by atoms with Crippen molar-refractivity contribution in [3.05, 3.63) is 62.8 Å². The average Bonchev–Trinajstić information content (AvgIpc) is 2.41. The molecule has 0 amide bonds. The van der Waals surface area contributed by atoms with Crippen molar-refractivity contribution < 1.29 is 4.39 Å². The second kappa shape index (κ2) is 6.40. The van der Waals surface area contributed by atoms with Crippen LogP contribution in [0.1, 0.15) is 18.1 Å². The van der Waals surface area contributed by atoms with E-state index in [0.29, 0.717) is 12.1 Å². The summed E-state index contributed by atoms with van der Waals surface area (Å²) in [5.74, 6) is -0.355. The van der Waals surface area contributed by atoms with Gasteiger partial charge in [-0.05, 0) is 36.2 Å². The lowest BCUT2D eigenvalue weighted by Crippen LogP contribution is -2.04.